The molecule has 0 saturated heterocycles. The van der Waals surface area contributed by atoms with Gasteiger partial charge in [0.25, 0.3) is 0 Å². The lowest BCUT2D eigenvalue weighted by Crippen LogP contribution is -2.50. The van der Waals surface area contributed by atoms with Crippen molar-refractivity contribution in [1.29, 1.82) is 0 Å². The Morgan fingerprint density at radius 3 is 2.15 bits per heavy atom. The number of hydrogen-bond donors (Lipinski definition) is 1. The number of hydrogen-bond acceptors (Lipinski definition) is 2. The van der Waals surface area contributed by atoms with Crippen molar-refractivity contribution in [3.8, 4) is 0 Å². The Kier molecular flexibility index (Phi) is 8.87. The fourth-order valence-electron chi connectivity index (χ4n) is 4.50. The molecule has 5 heteroatoms. The highest BCUT2D eigenvalue weighted by atomic mass is 19.1. The van der Waals surface area contributed by atoms with E-state index in [4.69, 9.17) is 0 Å². The van der Waals surface area contributed by atoms with Gasteiger partial charge in [-0.3, -0.25) is 9.59 Å². The average Bonchev–Trinajstić information content (AvgIpc) is 2.82. The highest BCUT2D eigenvalue weighted by Crippen LogP contribution is 2.23. The van der Waals surface area contributed by atoms with Crippen LogP contribution in [0.2, 0.25) is 0 Å². The number of amides is 2. The van der Waals surface area contributed by atoms with Crippen molar-refractivity contribution in [3.63, 3.8) is 0 Å². The first-order valence-electron chi connectivity index (χ1n) is 12.6. The second kappa shape index (κ2) is 11.6. The van der Waals surface area contributed by atoms with Gasteiger partial charge in [-0.2, -0.15) is 0 Å². The molecule has 0 unspecified atom stereocenters. The molecule has 2 aromatic carbocycles. The summed E-state index contributed by atoms with van der Waals surface area (Å²) in [5.41, 5.74) is 3.25. The average molecular weight is 467 g/mol. The van der Waals surface area contributed by atoms with Gasteiger partial charge in [0.2, 0.25) is 11.8 Å². The van der Waals surface area contributed by atoms with Crippen molar-refractivity contribution in [2.75, 3.05) is 0 Å². The zero-order valence-electron chi connectivity index (χ0n) is 21.1. The summed E-state index contributed by atoms with van der Waals surface area (Å²) in [6, 6.07) is 14.1. The number of carbonyl (C=O) groups excluding carboxylic acids is 2. The Hall–Kier alpha value is -2.69. The molecule has 0 spiro atoms. The SMILES string of the molecule is C[C@H](C(=O)NC1CCCCC1)N(Cc1ccc(F)cc1)C(=O)CCc1ccc(C(C)(C)C)cc1. The summed E-state index contributed by atoms with van der Waals surface area (Å²) in [6.45, 7) is 8.61. The number of nitrogens with one attached hydrogen (secondary N) is 1. The maximum Gasteiger partial charge on any atom is 0.242 e. The number of halogens is 1. The van der Waals surface area contributed by atoms with Crippen LogP contribution >= 0.6 is 0 Å². The van der Waals surface area contributed by atoms with E-state index in [2.05, 4.69) is 50.4 Å². The second-order valence-corrected chi connectivity index (χ2v) is 10.6. The lowest BCUT2D eigenvalue weighted by Gasteiger charge is -2.31. The van der Waals surface area contributed by atoms with E-state index in [-0.39, 0.29) is 35.6 Å². The third-order valence-corrected chi connectivity index (χ3v) is 6.83. The Bertz CT molecular complexity index is 942. The minimum Gasteiger partial charge on any atom is -0.352 e. The van der Waals surface area contributed by atoms with E-state index >= 15 is 0 Å². The maximum absolute atomic E-state index is 13.4. The molecule has 1 atom stereocenters. The van der Waals surface area contributed by atoms with Gasteiger partial charge in [0, 0.05) is 19.0 Å². The smallest absolute Gasteiger partial charge is 0.242 e. The molecule has 0 heterocycles. The van der Waals surface area contributed by atoms with Crippen molar-refractivity contribution in [3.05, 3.63) is 71.0 Å². The van der Waals surface area contributed by atoms with Crippen LogP contribution in [0, 0.1) is 5.82 Å². The predicted octanol–water partition coefficient (Wildman–Crippen LogP) is 5.92. The lowest BCUT2D eigenvalue weighted by molar-refractivity contribution is -0.141. The molecular weight excluding hydrogens is 427 g/mol. The maximum atomic E-state index is 13.4. The molecule has 1 saturated carbocycles. The number of carbonyl (C=O) groups is 2. The molecule has 0 aromatic heterocycles. The molecule has 4 nitrogen and oxygen atoms in total. The van der Waals surface area contributed by atoms with Crippen LogP contribution in [0.25, 0.3) is 0 Å². The molecule has 2 amide bonds. The highest BCUT2D eigenvalue weighted by Gasteiger charge is 2.28. The first-order chi connectivity index (χ1) is 16.1. The van der Waals surface area contributed by atoms with Gasteiger partial charge in [0.15, 0.2) is 0 Å². The van der Waals surface area contributed by atoms with Gasteiger partial charge in [-0.25, -0.2) is 4.39 Å². The lowest BCUT2D eigenvalue weighted by atomic mass is 9.86. The van der Waals surface area contributed by atoms with Crippen molar-refractivity contribution in [1.82, 2.24) is 10.2 Å². The van der Waals surface area contributed by atoms with Crippen LogP contribution in [-0.4, -0.2) is 28.8 Å². The normalized spacial score (nSPS) is 15.6. The fourth-order valence-corrected chi connectivity index (χ4v) is 4.50. The summed E-state index contributed by atoms with van der Waals surface area (Å²) in [7, 11) is 0. The predicted molar refractivity (Wildman–Crippen MR) is 135 cm³/mol. The minimum absolute atomic E-state index is 0.0736. The minimum atomic E-state index is -0.595. The molecule has 1 fully saturated rings. The van der Waals surface area contributed by atoms with E-state index in [0.29, 0.717) is 12.8 Å². The summed E-state index contributed by atoms with van der Waals surface area (Å²) < 4.78 is 13.4. The molecule has 2 aromatic rings. The van der Waals surface area contributed by atoms with E-state index in [0.717, 1.165) is 36.8 Å². The van der Waals surface area contributed by atoms with Gasteiger partial charge >= 0.3 is 0 Å². The standard InChI is InChI=1S/C29H39FN2O2/c1-21(28(34)31-26-8-6-5-7-9-26)32(20-23-12-17-25(30)18-13-23)27(33)19-14-22-10-15-24(16-11-22)29(2,3)4/h10-13,15-18,21,26H,5-9,14,19-20H2,1-4H3,(H,31,34)/t21-/m1/s1. The van der Waals surface area contributed by atoms with Crippen LogP contribution in [0.15, 0.2) is 48.5 Å². The Morgan fingerprint density at radius 1 is 0.971 bits per heavy atom. The molecule has 3 rings (SSSR count). The number of aryl methyl sites for hydroxylation is 1. The molecule has 1 N–H and O–H groups in total. The number of benzene rings is 2. The van der Waals surface area contributed by atoms with E-state index in [9.17, 15) is 14.0 Å². The zero-order valence-corrected chi connectivity index (χ0v) is 21.1. The first kappa shape index (κ1) is 25.9. The van der Waals surface area contributed by atoms with Gasteiger partial charge in [-0.05, 0) is 60.4 Å². The highest BCUT2D eigenvalue weighted by molar-refractivity contribution is 5.87. The quantitative estimate of drug-likeness (QED) is 0.525. The molecule has 1 aliphatic carbocycles. The zero-order chi connectivity index (χ0) is 24.7. The Morgan fingerprint density at radius 2 is 1.56 bits per heavy atom. The Labute approximate surface area is 203 Å². The van der Waals surface area contributed by atoms with Crippen molar-refractivity contribution >= 4 is 11.8 Å². The van der Waals surface area contributed by atoms with Crippen LogP contribution in [0.5, 0.6) is 0 Å². The van der Waals surface area contributed by atoms with Crippen molar-refractivity contribution < 1.29 is 14.0 Å². The van der Waals surface area contributed by atoms with Gasteiger partial charge in [-0.15, -0.1) is 0 Å². The van der Waals surface area contributed by atoms with E-state index in [1.54, 1.807) is 24.0 Å². The third kappa shape index (κ3) is 7.41. The summed E-state index contributed by atoms with van der Waals surface area (Å²) in [5.74, 6) is -0.504. The van der Waals surface area contributed by atoms with Crippen LogP contribution < -0.4 is 5.32 Å². The van der Waals surface area contributed by atoms with Crippen LogP contribution in [-0.2, 0) is 28.0 Å². The fraction of sp³-hybridized carbons (Fsp3) is 0.517. The third-order valence-electron chi connectivity index (χ3n) is 6.83. The molecule has 0 aliphatic heterocycles. The van der Waals surface area contributed by atoms with E-state index in [1.165, 1.54) is 24.1 Å². The van der Waals surface area contributed by atoms with E-state index in [1.807, 2.05) is 0 Å². The van der Waals surface area contributed by atoms with Gasteiger partial charge in [0.1, 0.15) is 11.9 Å². The van der Waals surface area contributed by atoms with Gasteiger partial charge < -0.3 is 10.2 Å². The number of nitrogens with zero attached hydrogens (tertiary/aromatic N) is 1. The molecule has 1 aliphatic rings. The topological polar surface area (TPSA) is 49.4 Å². The number of rotatable bonds is 8. The van der Waals surface area contributed by atoms with Crippen molar-refractivity contribution in [2.24, 2.45) is 0 Å². The second-order valence-electron chi connectivity index (χ2n) is 10.6. The molecule has 0 bridgehead atoms. The summed E-state index contributed by atoms with van der Waals surface area (Å²) >= 11 is 0. The van der Waals surface area contributed by atoms with E-state index < -0.39 is 6.04 Å². The van der Waals surface area contributed by atoms with Crippen LogP contribution in [0.1, 0.15) is 82.9 Å². The summed E-state index contributed by atoms with van der Waals surface area (Å²) in [4.78, 5) is 28.0. The first-order valence-corrected chi connectivity index (χ1v) is 12.6. The van der Waals surface area contributed by atoms with Gasteiger partial charge in [0.05, 0.1) is 0 Å². The molecule has 184 valence electrons. The molecular formula is C29H39FN2O2. The van der Waals surface area contributed by atoms with Crippen LogP contribution in [0.3, 0.4) is 0 Å². The molecule has 34 heavy (non-hydrogen) atoms. The summed E-state index contributed by atoms with van der Waals surface area (Å²) in [6.07, 6.45) is 6.39. The largest absolute Gasteiger partial charge is 0.352 e. The molecule has 0 radical (unpaired) electrons. The monoisotopic (exact) mass is 466 g/mol. The Balaban J connectivity index is 1.69. The summed E-state index contributed by atoms with van der Waals surface area (Å²) in [5, 5.41) is 3.15. The van der Waals surface area contributed by atoms with Crippen molar-refractivity contribution in [2.45, 2.75) is 96.7 Å². The van der Waals surface area contributed by atoms with Crippen LogP contribution in [0.4, 0.5) is 4.39 Å². The van der Waals surface area contributed by atoms with Gasteiger partial charge in [-0.1, -0.05) is 76.4 Å².